The van der Waals surface area contributed by atoms with Gasteiger partial charge < -0.3 is 10.6 Å². The fourth-order valence-electron chi connectivity index (χ4n) is 4.22. The Bertz CT molecular complexity index is 1580. The fourth-order valence-corrected chi connectivity index (χ4v) is 5.43. The van der Waals surface area contributed by atoms with Gasteiger partial charge in [-0.25, -0.2) is 4.79 Å². The Morgan fingerprint density at radius 3 is 2.20 bits per heavy atom. The first-order valence-electron chi connectivity index (χ1n) is 12.7. The minimum atomic E-state index is -0.481. The van der Waals surface area contributed by atoms with E-state index < -0.39 is 12.1 Å². The van der Waals surface area contributed by atoms with Crippen LogP contribution in [0.25, 0.3) is 5.69 Å². The summed E-state index contributed by atoms with van der Waals surface area (Å²) in [5, 5.41) is 16.7. The van der Waals surface area contributed by atoms with Gasteiger partial charge in [-0.05, 0) is 48.4 Å². The molecule has 2 amide bonds. The van der Waals surface area contributed by atoms with Crippen LogP contribution in [-0.4, -0.2) is 20.8 Å². The molecule has 0 bridgehead atoms. The summed E-state index contributed by atoms with van der Waals surface area (Å²) in [5.41, 5.74) is 4.85. The van der Waals surface area contributed by atoms with E-state index in [4.69, 9.17) is 23.2 Å². The smallest absolute Gasteiger partial charge is 0.319 e. The van der Waals surface area contributed by atoms with Gasteiger partial charge in [0.2, 0.25) is 0 Å². The molecule has 40 heavy (non-hydrogen) atoms. The standard InChI is InChI=1S/C31H27Cl2N5OS/c1-21-12-15-25(16-13-21)38-29(36-37-31(38)40-20-23-10-6-3-7-11-23)28(18-22-8-4-2-5-9-22)35-30(39)34-24-14-17-26(32)27(33)19-24/h2-17,19,28H,18,20H2,1H3,(H2,34,35,39)/t28-/m1/s1. The van der Waals surface area contributed by atoms with Crippen molar-refractivity contribution in [1.82, 2.24) is 20.1 Å². The zero-order valence-corrected chi connectivity index (χ0v) is 24.0. The van der Waals surface area contributed by atoms with Crippen LogP contribution in [-0.2, 0) is 12.2 Å². The third-order valence-electron chi connectivity index (χ3n) is 6.24. The molecule has 0 fully saturated rings. The number of aryl methyl sites for hydroxylation is 1. The van der Waals surface area contributed by atoms with Gasteiger partial charge in [0.05, 0.1) is 16.1 Å². The molecule has 0 aliphatic heterocycles. The molecule has 0 spiro atoms. The number of nitrogens with zero attached hydrogens (tertiary/aromatic N) is 3. The third kappa shape index (κ3) is 7.04. The molecule has 0 radical (unpaired) electrons. The van der Waals surface area contributed by atoms with Crippen LogP contribution >= 0.6 is 35.0 Å². The van der Waals surface area contributed by atoms with Crippen molar-refractivity contribution >= 4 is 46.7 Å². The van der Waals surface area contributed by atoms with E-state index in [2.05, 4.69) is 52.0 Å². The zero-order chi connectivity index (χ0) is 27.9. The highest BCUT2D eigenvalue weighted by Crippen LogP contribution is 2.30. The molecule has 0 aliphatic carbocycles. The maximum absolute atomic E-state index is 13.2. The summed E-state index contributed by atoms with van der Waals surface area (Å²) in [6.45, 7) is 2.05. The normalized spacial score (nSPS) is 11.7. The van der Waals surface area contributed by atoms with E-state index in [1.165, 1.54) is 5.56 Å². The van der Waals surface area contributed by atoms with E-state index in [0.29, 0.717) is 28.0 Å². The van der Waals surface area contributed by atoms with Crippen LogP contribution in [0.5, 0.6) is 0 Å². The van der Waals surface area contributed by atoms with Gasteiger partial charge in [0, 0.05) is 23.5 Å². The molecule has 1 heterocycles. The molecule has 1 atom stereocenters. The molecule has 0 saturated heterocycles. The van der Waals surface area contributed by atoms with E-state index in [-0.39, 0.29) is 0 Å². The van der Waals surface area contributed by atoms with Crippen LogP contribution in [0.2, 0.25) is 10.0 Å². The van der Waals surface area contributed by atoms with E-state index >= 15 is 0 Å². The first-order chi connectivity index (χ1) is 19.5. The summed E-state index contributed by atoms with van der Waals surface area (Å²) in [7, 11) is 0. The largest absolute Gasteiger partial charge is 0.327 e. The number of carbonyl (C=O) groups is 1. The lowest BCUT2D eigenvalue weighted by atomic mass is 10.1. The van der Waals surface area contributed by atoms with Crippen LogP contribution in [0.4, 0.5) is 10.5 Å². The maximum atomic E-state index is 13.2. The minimum absolute atomic E-state index is 0.361. The van der Waals surface area contributed by atoms with Gasteiger partial charge in [0.15, 0.2) is 11.0 Å². The van der Waals surface area contributed by atoms with E-state index in [1.54, 1.807) is 30.0 Å². The summed E-state index contributed by atoms with van der Waals surface area (Å²) in [5.74, 6) is 1.37. The van der Waals surface area contributed by atoms with E-state index in [0.717, 1.165) is 27.7 Å². The molecule has 0 saturated carbocycles. The first kappa shape index (κ1) is 27.8. The molecule has 0 unspecified atom stereocenters. The molecular weight excluding hydrogens is 561 g/mol. The van der Waals surface area contributed by atoms with Crippen LogP contribution in [0.1, 0.15) is 28.6 Å². The molecule has 0 aliphatic rings. The van der Waals surface area contributed by atoms with Crippen molar-refractivity contribution in [2.45, 2.75) is 30.3 Å². The predicted octanol–water partition coefficient (Wildman–Crippen LogP) is 8.28. The fraction of sp³-hybridized carbons (Fsp3) is 0.129. The number of thioether (sulfide) groups is 1. The highest BCUT2D eigenvalue weighted by molar-refractivity contribution is 7.98. The van der Waals surface area contributed by atoms with Crippen molar-refractivity contribution in [2.75, 3.05) is 5.32 Å². The van der Waals surface area contributed by atoms with Crippen molar-refractivity contribution in [3.63, 3.8) is 0 Å². The molecule has 5 rings (SSSR count). The second-order valence-corrected chi connectivity index (χ2v) is 11.0. The summed E-state index contributed by atoms with van der Waals surface area (Å²) >= 11 is 13.8. The molecule has 2 N–H and O–H groups in total. The Hall–Kier alpha value is -3.78. The van der Waals surface area contributed by atoms with Gasteiger partial charge in [-0.3, -0.25) is 4.57 Å². The molecule has 202 valence electrons. The quantitative estimate of drug-likeness (QED) is 0.170. The van der Waals surface area contributed by atoms with Crippen molar-refractivity contribution in [2.24, 2.45) is 0 Å². The summed E-state index contributed by atoms with van der Waals surface area (Å²) in [6.07, 6.45) is 0.517. The number of rotatable bonds is 9. The van der Waals surface area contributed by atoms with Crippen molar-refractivity contribution < 1.29 is 4.79 Å². The lowest BCUT2D eigenvalue weighted by Gasteiger charge is -2.21. The number of halogens is 2. The van der Waals surface area contributed by atoms with Crippen LogP contribution in [0, 0.1) is 6.92 Å². The van der Waals surface area contributed by atoms with Gasteiger partial charge in [-0.1, -0.05) is 113 Å². The number of urea groups is 1. The Morgan fingerprint density at radius 1 is 0.850 bits per heavy atom. The van der Waals surface area contributed by atoms with Crippen LogP contribution in [0.15, 0.2) is 108 Å². The molecule has 5 aromatic rings. The summed E-state index contributed by atoms with van der Waals surface area (Å²) < 4.78 is 2.03. The number of anilines is 1. The molecule has 4 aromatic carbocycles. The second-order valence-electron chi connectivity index (χ2n) is 9.26. The van der Waals surface area contributed by atoms with Gasteiger partial charge in [0.25, 0.3) is 0 Å². The summed E-state index contributed by atoms with van der Waals surface area (Å²) in [6, 6.07) is 32.5. The maximum Gasteiger partial charge on any atom is 0.319 e. The predicted molar refractivity (Wildman–Crippen MR) is 164 cm³/mol. The Morgan fingerprint density at radius 2 is 1.52 bits per heavy atom. The zero-order valence-electron chi connectivity index (χ0n) is 21.7. The molecule has 6 nitrogen and oxygen atoms in total. The topological polar surface area (TPSA) is 71.8 Å². The SMILES string of the molecule is Cc1ccc(-n2c(SCc3ccccc3)nnc2[C@@H](Cc2ccccc2)NC(=O)Nc2ccc(Cl)c(Cl)c2)cc1. The Labute approximate surface area is 247 Å². The molecule has 1 aromatic heterocycles. The van der Waals surface area contributed by atoms with Gasteiger partial charge in [-0.15, -0.1) is 10.2 Å². The number of hydrogen-bond donors (Lipinski definition) is 2. The van der Waals surface area contributed by atoms with Crippen molar-refractivity contribution in [3.8, 4) is 5.69 Å². The van der Waals surface area contributed by atoms with Crippen LogP contribution < -0.4 is 10.6 Å². The number of hydrogen-bond acceptors (Lipinski definition) is 4. The first-order valence-corrected chi connectivity index (χ1v) is 14.5. The minimum Gasteiger partial charge on any atom is -0.327 e. The highest BCUT2D eigenvalue weighted by Gasteiger charge is 2.25. The van der Waals surface area contributed by atoms with E-state index in [1.807, 2.05) is 65.2 Å². The average molecular weight is 589 g/mol. The highest BCUT2D eigenvalue weighted by atomic mass is 35.5. The Kier molecular flexibility index (Phi) is 9.06. The molecular formula is C31H27Cl2N5OS. The molecule has 9 heteroatoms. The second kappa shape index (κ2) is 13.0. The van der Waals surface area contributed by atoms with Gasteiger partial charge in [0.1, 0.15) is 0 Å². The third-order valence-corrected chi connectivity index (χ3v) is 7.98. The number of carbonyl (C=O) groups excluding carboxylic acids is 1. The van der Waals surface area contributed by atoms with Crippen molar-refractivity contribution in [3.05, 3.63) is 136 Å². The van der Waals surface area contributed by atoms with Gasteiger partial charge in [-0.2, -0.15) is 0 Å². The number of amides is 2. The summed E-state index contributed by atoms with van der Waals surface area (Å²) in [4.78, 5) is 13.2. The lowest BCUT2D eigenvalue weighted by Crippen LogP contribution is -2.35. The number of aromatic nitrogens is 3. The van der Waals surface area contributed by atoms with Crippen LogP contribution in [0.3, 0.4) is 0 Å². The number of nitrogens with one attached hydrogen (secondary N) is 2. The van der Waals surface area contributed by atoms with Gasteiger partial charge >= 0.3 is 6.03 Å². The van der Waals surface area contributed by atoms with E-state index in [9.17, 15) is 4.79 Å². The Balaban J connectivity index is 1.49. The lowest BCUT2D eigenvalue weighted by molar-refractivity contribution is 0.247. The van der Waals surface area contributed by atoms with Crippen molar-refractivity contribution in [1.29, 1.82) is 0 Å². The monoisotopic (exact) mass is 587 g/mol. The number of benzene rings is 4. The average Bonchev–Trinajstić information content (AvgIpc) is 3.39.